The van der Waals surface area contributed by atoms with Crippen LogP contribution in [0.5, 0.6) is 11.5 Å². The van der Waals surface area contributed by atoms with E-state index >= 15 is 0 Å². The zero-order chi connectivity index (χ0) is 32.7. The van der Waals surface area contributed by atoms with Gasteiger partial charge < -0.3 is 19.9 Å². The maximum absolute atomic E-state index is 14.0. The number of carbonyl (C=O) groups is 1. The Morgan fingerprint density at radius 3 is 2.65 bits per heavy atom. The highest BCUT2D eigenvalue weighted by atomic mass is 35.5. The first-order valence-electron chi connectivity index (χ1n) is 17.1. The summed E-state index contributed by atoms with van der Waals surface area (Å²) in [6.07, 6.45) is 10.1. The molecule has 0 amide bonds. The van der Waals surface area contributed by atoms with Crippen molar-refractivity contribution in [2.75, 3.05) is 11.9 Å². The molecular formula is C39H49ClN2O4. The number of halogens is 1. The van der Waals surface area contributed by atoms with Crippen LogP contribution in [0, 0.1) is 11.8 Å². The van der Waals surface area contributed by atoms with Crippen LogP contribution >= 0.6 is 11.6 Å². The minimum atomic E-state index is -0.876. The quantitative estimate of drug-likeness (QED) is 0.238. The zero-order valence-electron chi connectivity index (χ0n) is 28.0. The molecule has 0 bridgehead atoms. The molecular weight excluding hydrogens is 596 g/mol. The van der Waals surface area contributed by atoms with Gasteiger partial charge in [0.1, 0.15) is 22.6 Å². The number of phenolic OH excluding ortho intramolecular Hbond substituents is 1. The first-order chi connectivity index (χ1) is 21.9. The average molecular weight is 645 g/mol. The number of esters is 1. The summed E-state index contributed by atoms with van der Waals surface area (Å²) in [5, 5.41) is 14.8. The summed E-state index contributed by atoms with van der Waals surface area (Å²) in [5.41, 5.74) is 4.21. The number of hydrogen-bond acceptors (Lipinski definition) is 6. The van der Waals surface area contributed by atoms with Crippen LogP contribution in [-0.4, -0.2) is 33.8 Å². The first-order valence-corrected chi connectivity index (χ1v) is 17.5. The van der Waals surface area contributed by atoms with Crippen molar-refractivity contribution in [2.24, 2.45) is 11.8 Å². The van der Waals surface area contributed by atoms with Crippen molar-refractivity contribution in [3.05, 3.63) is 82.1 Å². The SMILES string of the molecule is C[C@@H](COc1ccnc2c1[C@H](C)CCC2)C[C@H]1Cc2ccc(O)cc2C12CCC(Nc1cccc(Cl)c1)(C(=O)OC(C)(C)C)CC2. The summed E-state index contributed by atoms with van der Waals surface area (Å²) in [5.74, 6) is 2.23. The molecule has 6 rings (SSSR count). The van der Waals surface area contributed by atoms with Crippen molar-refractivity contribution in [3.63, 3.8) is 0 Å². The number of nitrogens with zero attached hydrogens (tertiary/aromatic N) is 1. The van der Waals surface area contributed by atoms with E-state index in [0.717, 1.165) is 43.5 Å². The van der Waals surface area contributed by atoms with Crippen LogP contribution in [0.3, 0.4) is 0 Å². The van der Waals surface area contributed by atoms with Crippen molar-refractivity contribution in [3.8, 4) is 11.5 Å². The number of ether oxygens (including phenoxy) is 2. The van der Waals surface area contributed by atoms with Gasteiger partial charge in [-0.15, -0.1) is 0 Å². The number of benzene rings is 2. The number of aryl methyl sites for hydroxylation is 1. The molecule has 0 radical (unpaired) electrons. The van der Waals surface area contributed by atoms with E-state index in [1.807, 2.05) is 69.4 Å². The fourth-order valence-electron chi connectivity index (χ4n) is 8.45. The van der Waals surface area contributed by atoms with Gasteiger partial charge in [0.2, 0.25) is 0 Å². The largest absolute Gasteiger partial charge is 0.508 e. The Hall–Kier alpha value is -3.25. The molecule has 1 fully saturated rings. The van der Waals surface area contributed by atoms with Crippen molar-refractivity contribution in [1.82, 2.24) is 4.98 Å². The number of aromatic nitrogens is 1. The van der Waals surface area contributed by atoms with Gasteiger partial charge >= 0.3 is 5.97 Å². The van der Waals surface area contributed by atoms with Crippen molar-refractivity contribution < 1.29 is 19.4 Å². The zero-order valence-corrected chi connectivity index (χ0v) is 28.8. The lowest BCUT2D eigenvalue weighted by Crippen LogP contribution is -2.55. The number of rotatable bonds is 8. The fourth-order valence-corrected chi connectivity index (χ4v) is 8.64. The summed E-state index contributed by atoms with van der Waals surface area (Å²) >= 11 is 6.34. The Bertz CT molecular complexity index is 1570. The van der Waals surface area contributed by atoms with Gasteiger partial charge in [-0.25, -0.2) is 4.79 Å². The van der Waals surface area contributed by atoms with E-state index < -0.39 is 11.1 Å². The number of nitrogens with one attached hydrogen (secondary N) is 1. The number of phenols is 1. The van der Waals surface area contributed by atoms with Crippen LogP contribution in [0.1, 0.15) is 108 Å². The molecule has 6 nitrogen and oxygen atoms in total. The average Bonchev–Trinajstić information content (AvgIpc) is 3.28. The maximum atomic E-state index is 14.0. The second-order valence-corrected chi connectivity index (χ2v) is 15.7. The molecule has 0 aliphatic heterocycles. The molecule has 2 aromatic carbocycles. The lowest BCUT2D eigenvalue weighted by molar-refractivity contribution is -0.162. The highest BCUT2D eigenvalue weighted by molar-refractivity contribution is 6.30. The minimum absolute atomic E-state index is 0.145. The number of carbonyl (C=O) groups excluding carboxylic acids is 1. The molecule has 1 heterocycles. The van der Waals surface area contributed by atoms with Crippen LogP contribution in [0.25, 0.3) is 0 Å². The molecule has 0 unspecified atom stereocenters. The smallest absolute Gasteiger partial charge is 0.332 e. The van der Waals surface area contributed by atoms with Gasteiger partial charge in [-0.1, -0.05) is 37.6 Å². The Morgan fingerprint density at radius 1 is 1.13 bits per heavy atom. The molecule has 1 saturated carbocycles. The molecule has 1 spiro atoms. The van der Waals surface area contributed by atoms with E-state index in [0.29, 0.717) is 48.0 Å². The first kappa shape index (κ1) is 32.7. The van der Waals surface area contributed by atoms with E-state index in [-0.39, 0.29) is 11.4 Å². The van der Waals surface area contributed by atoms with E-state index in [9.17, 15) is 9.90 Å². The predicted molar refractivity (Wildman–Crippen MR) is 184 cm³/mol. The van der Waals surface area contributed by atoms with E-state index in [4.69, 9.17) is 21.1 Å². The summed E-state index contributed by atoms with van der Waals surface area (Å²) in [4.78, 5) is 18.6. The molecule has 3 aromatic rings. The van der Waals surface area contributed by atoms with Gasteiger partial charge in [-0.2, -0.15) is 0 Å². The van der Waals surface area contributed by atoms with E-state index in [1.165, 1.54) is 35.2 Å². The Labute approximate surface area is 279 Å². The molecule has 246 valence electrons. The molecule has 46 heavy (non-hydrogen) atoms. The molecule has 2 N–H and O–H groups in total. The Morgan fingerprint density at radius 2 is 1.91 bits per heavy atom. The third-order valence-electron chi connectivity index (χ3n) is 10.7. The van der Waals surface area contributed by atoms with Crippen molar-refractivity contribution in [1.29, 1.82) is 0 Å². The van der Waals surface area contributed by atoms with Gasteiger partial charge in [0, 0.05) is 28.2 Å². The standard InChI is InChI=1S/C39H49ClN2O4/c1-25(24-45-34-14-19-41-33-11-6-8-26(2)35(33)34)20-28-21-27-12-13-31(43)23-32(27)38(28)15-17-39(18-16-38,36(44)46-37(3,4)5)42-30-10-7-9-29(40)22-30/h7,9-10,12-14,19,22-23,25-26,28,42-43H,6,8,11,15-18,20-21,24H2,1-5H3/t25-,26-,28+,38?,39?/m1/s1. The van der Waals surface area contributed by atoms with Gasteiger partial charge in [-0.3, -0.25) is 4.98 Å². The second-order valence-electron chi connectivity index (χ2n) is 15.2. The Kier molecular flexibility index (Phi) is 9.06. The van der Waals surface area contributed by atoms with E-state index in [2.05, 4.69) is 30.2 Å². The monoisotopic (exact) mass is 644 g/mol. The number of pyridine rings is 1. The normalized spacial score (nSPS) is 26.2. The lowest BCUT2D eigenvalue weighted by Gasteiger charge is -2.48. The van der Waals surface area contributed by atoms with Gasteiger partial charge in [-0.05, 0) is 149 Å². The Balaban J connectivity index is 1.24. The van der Waals surface area contributed by atoms with E-state index in [1.54, 1.807) is 0 Å². The molecule has 1 aromatic heterocycles. The number of hydrogen-bond donors (Lipinski definition) is 2. The maximum Gasteiger partial charge on any atom is 0.332 e. The fraction of sp³-hybridized carbons (Fsp3) is 0.538. The lowest BCUT2D eigenvalue weighted by atomic mass is 9.59. The van der Waals surface area contributed by atoms with Crippen LogP contribution in [0.2, 0.25) is 5.02 Å². The van der Waals surface area contributed by atoms with Gasteiger partial charge in [0.15, 0.2) is 0 Å². The molecule has 3 aliphatic carbocycles. The van der Waals surface area contributed by atoms with Crippen LogP contribution in [0.15, 0.2) is 54.7 Å². The number of aromatic hydroxyl groups is 1. The molecule has 0 saturated heterocycles. The van der Waals surface area contributed by atoms with Gasteiger partial charge in [0.25, 0.3) is 0 Å². The van der Waals surface area contributed by atoms with Crippen molar-refractivity contribution >= 4 is 23.3 Å². The van der Waals surface area contributed by atoms with Crippen LogP contribution < -0.4 is 10.1 Å². The second kappa shape index (κ2) is 12.7. The number of fused-ring (bicyclic) bond motifs is 3. The summed E-state index contributed by atoms with van der Waals surface area (Å²) < 4.78 is 12.6. The summed E-state index contributed by atoms with van der Waals surface area (Å²) in [6.45, 7) is 11.0. The number of anilines is 1. The third kappa shape index (κ3) is 6.60. The highest BCUT2D eigenvalue weighted by Crippen LogP contribution is 2.57. The molecule has 7 heteroatoms. The molecule has 3 atom stereocenters. The summed E-state index contributed by atoms with van der Waals surface area (Å²) in [6, 6.07) is 15.5. The van der Waals surface area contributed by atoms with Crippen LogP contribution in [0.4, 0.5) is 5.69 Å². The highest BCUT2D eigenvalue weighted by Gasteiger charge is 2.55. The minimum Gasteiger partial charge on any atom is -0.508 e. The third-order valence-corrected chi connectivity index (χ3v) is 10.9. The van der Waals surface area contributed by atoms with Gasteiger partial charge in [0.05, 0.1) is 6.61 Å². The predicted octanol–water partition coefficient (Wildman–Crippen LogP) is 9.16. The topological polar surface area (TPSA) is 80.7 Å². The van der Waals surface area contributed by atoms with Crippen molar-refractivity contribution in [2.45, 2.75) is 115 Å². The van der Waals surface area contributed by atoms with Crippen LogP contribution in [-0.2, 0) is 27.8 Å². The summed E-state index contributed by atoms with van der Waals surface area (Å²) in [7, 11) is 0. The molecule has 3 aliphatic rings.